The predicted molar refractivity (Wildman–Crippen MR) is 44.5 cm³/mol. The molecule has 2 rings (SSSR count). The summed E-state index contributed by atoms with van der Waals surface area (Å²) in [6.07, 6.45) is 3.90. The standard InChI is InChI=1S/C6H9N7/c7-5-3-8-10-6(5)1-2-13-4-9-11-12-13/h3-4H,1-2,7H2,(H,8,10). The van der Waals surface area contributed by atoms with Gasteiger partial charge in [0.2, 0.25) is 0 Å². The summed E-state index contributed by atoms with van der Waals surface area (Å²) in [6, 6.07) is 0. The number of rotatable bonds is 3. The molecule has 0 amide bonds. The van der Waals surface area contributed by atoms with Crippen molar-refractivity contribution in [1.29, 1.82) is 0 Å². The van der Waals surface area contributed by atoms with Crippen LogP contribution in [0.2, 0.25) is 0 Å². The Morgan fingerprint density at radius 1 is 1.54 bits per heavy atom. The molecule has 0 aromatic carbocycles. The number of nitrogen functional groups attached to an aromatic ring is 1. The predicted octanol–water partition coefficient (Wildman–Crippen LogP) is -0.779. The van der Waals surface area contributed by atoms with Crippen molar-refractivity contribution in [3.05, 3.63) is 18.2 Å². The molecule has 0 saturated carbocycles. The summed E-state index contributed by atoms with van der Waals surface area (Å²) in [5, 5.41) is 17.4. The Kier molecular flexibility index (Phi) is 1.91. The Morgan fingerprint density at radius 2 is 2.46 bits per heavy atom. The lowest BCUT2D eigenvalue weighted by Crippen LogP contribution is -2.03. The maximum absolute atomic E-state index is 5.63. The molecule has 0 fully saturated rings. The second kappa shape index (κ2) is 3.21. The minimum absolute atomic E-state index is 0.674. The van der Waals surface area contributed by atoms with Crippen molar-refractivity contribution in [3.8, 4) is 0 Å². The number of nitrogens with two attached hydrogens (primary N) is 1. The lowest BCUT2D eigenvalue weighted by Gasteiger charge is -1.97. The fourth-order valence-corrected chi connectivity index (χ4v) is 1.03. The third kappa shape index (κ3) is 1.63. The van der Waals surface area contributed by atoms with Gasteiger partial charge in [-0.15, -0.1) is 5.10 Å². The molecule has 7 heteroatoms. The molecule has 0 spiro atoms. The lowest BCUT2D eigenvalue weighted by atomic mass is 10.3. The van der Waals surface area contributed by atoms with Gasteiger partial charge in [-0.2, -0.15) is 5.10 Å². The van der Waals surface area contributed by atoms with Crippen molar-refractivity contribution in [2.75, 3.05) is 5.73 Å². The van der Waals surface area contributed by atoms with Crippen LogP contribution >= 0.6 is 0 Å². The number of hydrogen-bond acceptors (Lipinski definition) is 5. The molecular weight excluding hydrogens is 170 g/mol. The molecule has 2 heterocycles. The molecule has 2 aromatic rings. The van der Waals surface area contributed by atoms with E-state index in [9.17, 15) is 0 Å². The van der Waals surface area contributed by atoms with Crippen LogP contribution in [-0.4, -0.2) is 30.4 Å². The van der Waals surface area contributed by atoms with Gasteiger partial charge in [-0.05, 0) is 10.4 Å². The van der Waals surface area contributed by atoms with Crippen molar-refractivity contribution >= 4 is 5.69 Å². The maximum atomic E-state index is 5.63. The van der Waals surface area contributed by atoms with Crippen LogP contribution < -0.4 is 5.73 Å². The van der Waals surface area contributed by atoms with Crippen LogP contribution in [0.1, 0.15) is 5.69 Å². The molecule has 0 bridgehead atoms. The summed E-state index contributed by atoms with van der Waals surface area (Å²) < 4.78 is 1.64. The highest BCUT2D eigenvalue weighted by atomic mass is 15.5. The first kappa shape index (κ1) is 7.71. The van der Waals surface area contributed by atoms with Crippen molar-refractivity contribution in [2.24, 2.45) is 0 Å². The lowest BCUT2D eigenvalue weighted by molar-refractivity contribution is 0.583. The molecule has 3 N–H and O–H groups in total. The quantitative estimate of drug-likeness (QED) is 0.644. The summed E-state index contributed by atoms with van der Waals surface area (Å²) in [7, 11) is 0. The van der Waals surface area contributed by atoms with Gasteiger partial charge in [0.25, 0.3) is 0 Å². The van der Waals surface area contributed by atoms with E-state index in [0.29, 0.717) is 12.2 Å². The zero-order valence-electron chi connectivity index (χ0n) is 6.88. The van der Waals surface area contributed by atoms with E-state index in [-0.39, 0.29) is 0 Å². The van der Waals surface area contributed by atoms with Gasteiger partial charge in [0.05, 0.1) is 24.1 Å². The van der Waals surface area contributed by atoms with Crippen molar-refractivity contribution in [1.82, 2.24) is 30.4 Å². The van der Waals surface area contributed by atoms with E-state index in [0.717, 1.165) is 12.1 Å². The van der Waals surface area contributed by atoms with Gasteiger partial charge in [-0.25, -0.2) is 4.68 Å². The van der Waals surface area contributed by atoms with E-state index in [1.54, 1.807) is 17.2 Å². The molecule has 0 radical (unpaired) electrons. The minimum atomic E-state index is 0.674. The average Bonchev–Trinajstić information content (AvgIpc) is 2.72. The number of H-pyrrole nitrogens is 1. The van der Waals surface area contributed by atoms with Crippen LogP contribution in [0.15, 0.2) is 12.5 Å². The van der Waals surface area contributed by atoms with Crippen LogP contribution in [0, 0.1) is 0 Å². The Labute approximate surface area is 73.9 Å². The fourth-order valence-electron chi connectivity index (χ4n) is 1.03. The molecule has 7 nitrogen and oxygen atoms in total. The molecular formula is C6H9N7. The maximum Gasteiger partial charge on any atom is 0.138 e. The highest BCUT2D eigenvalue weighted by Gasteiger charge is 2.01. The molecule has 2 aromatic heterocycles. The van der Waals surface area contributed by atoms with Gasteiger partial charge in [-0.3, -0.25) is 5.10 Å². The first-order valence-electron chi connectivity index (χ1n) is 3.85. The summed E-state index contributed by atoms with van der Waals surface area (Å²) in [4.78, 5) is 0. The number of aromatic nitrogens is 6. The van der Waals surface area contributed by atoms with Crippen LogP contribution in [0.4, 0.5) is 5.69 Å². The van der Waals surface area contributed by atoms with E-state index >= 15 is 0 Å². The van der Waals surface area contributed by atoms with Gasteiger partial charge in [0.1, 0.15) is 6.33 Å². The van der Waals surface area contributed by atoms with E-state index < -0.39 is 0 Å². The van der Waals surface area contributed by atoms with Gasteiger partial charge in [0, 0.05) is 6.42 Å². The Hall–Kier alpha value is -1.92. The van der Waals surface area contributed by atoms with Crippen LogP contribution in [0.25, 0.3) is 0 Å². The fraction of sp³-hybridized carbons (Fsp3) is 0.333. The number of tetrazole rings is 1. The molecule has 0 saturated heterocycles. The number of aryl methyl sites for hydroxylation is 2. The number of nitrogens with zero attached hydrogens (tertiary/aromatic N) is 5. The first-order valence-corrected chi connectivity index (χ1v) is 3.85. The van der Waals surface area contributed by atoms with E-state index in [4.69, 9.17) is 5.73 Å². The molecule has 0 aliphatic heterocycles. The van der Waals surface area contributed by atoms with E-state index in [1.807, 2.05) is 0 Å². The monoisotopic (exact) mass is 179 g/mol. The molecule has 0 aliphatic carbocycles. The van der Waals surface area contributed by atoms with Crippen molar-refractivity contribution < 1.29 is 0 Å². The smallest absolute Gasteiger partial charge is 0.138 e. The molecule has 13 heavy (non-hydrogen) atoms. The first-order chi connectivity index (χ1) is 6.36. The summed E-state index contributed by atoms with van der Waals surface area (Å²) in [5.74, 6) is 0. The van der Waals surface area contributed by atoms with Crippen LogP contribution in [-0.2, 0) is 13.0 Å². The van der Waals surface area contributed by atoms with Crippen molar-refractivity contribution in [3.63, 3.8) is 0 Å². The Balaban J connectivity index is 1.97. The zero-order valence-corrected chi connectivity index (χ0v) is 6.88. The zero-order chi connectivity index (χ0) is 9.10. The van der Waals surface area contributed by atoms with Crippen LogP contribution in [0.5, 0.6) is 0 Å². The molecule has 0 atom stereocenters. The van der Waals surface area contributed by atoms with Crippen molar-refractivity contribution in [2.45, 2.75) is 13.0 Å². The SMILES string of the molecule is Nc1cn[nH]c1CCn1cnnn1. The summed E-state index contributed by atoms with van der Waals surface area (Å²) >= 11 is 0. The topological polar surface area (TPSA) is 98.3 Å². The largest absolute Gasteiger partial charge is 0.396 e. The third-order valence-electron chi connectivity index (χ3n) is 1.73. The van der Waals surface area contributed by atoms with E-state index in [2.05, 4.69) is 25.7 Å². The number of aromatic amines is 1. The molecule has 0 unspecified atom stereocenters. The second-order valence-corrected chi connectivity index (χ2v) is 2.63. The van der Waals surface area contributed by atoms with Crippen LogP contribution in [0.3, 0.4) is 0 Å². The van der Waals surface area contributed by atoms with Gasteiger partial charge in [-0.1, -0.05) is 0 Å². The number of nitrogens with one attached hydrogen (secondary N) is 1. The highest BCUT2D eigenvalue weighted by molar-refractivity contribution is 5.39. The Bertz CT molecular complexity index is 362. The average molecular weight is 179 g/mol. The second-order valence-electron chi connectivity index (χ2n) is 2.63. The van der Waals surface area contributed by atoms with Gasteiger partial charge >= 0.3 is 0 Å². The third-order valence-corrected chi connectivity index (χ3v) is 1.73. The van der Waals surface area contributed by atoms with E-state index in [1.165, 1.54) is 0 Å². The van der Waals surface area contributed by atoms with Gasteiger partial charge < -0.3 is 5.73 Å². The summed E-state index contributed by atoms with van der Waals surface area (Å²) in [5.41, 5.74) is 7.21. The summed E-state index contributed by atoms with van der Waals surface area (Å²) in [6.45, 7) is 0.694. The Morgan fingerprint density at radius 3 is 3.08 bits per heavy atom. The molecule has 68 valence electrons. The highest BCUT2D eigenvalue weighted by Crippen LogP contribution is 2.06. The number of anilines is 1. The number of hydrogen-bond donors (Lipinski definition) is 2. The van der Waals surface area contributed by atoms with Gasteiger partial charge in [0.15, 0.2) is 0 Å². The normalized spacial score (nSPS) is 10.5. The minimum Gasteiger partial charge on any atom is -0.396 e. The molecule has 0 aliphatic rings.